The van der Waals surface area contributed by atoms with Crippen molar-refractivity contribution in [3.05, 3.63) is 48.0 Å². The van der Waals surface area contributed by atoms with Crippen molar-refractivity contribution in [2.24, 2.45) is 5.10 Å². The first-order chi connectivity index (χ1) is 13.2. The van der Waals surface area contributed by atoms with Gasteiger partial charge in [-0.1, -0.05) is 0 Å². The number of carbonyl (C=O) groups is 1. The van der Waals surface area contributed by atoms with Crippen LogP contribution >= 0.6 is 0 Å². The molecule has 2 rings (SSSR count). The summed E-state index contributed by atoms with van der Waals surface area (Å²) >= 11 is 0. The van der Waals surface area contributed by atoms with E-state index >= 15 is 0 Å². The molecule has 0 fully saturated rings. The summed E-state index contributed by atoms with van der Waals surface area (Å²) in [5, 5.41) is 12.4. The molecule has 0 aliphatic rings. The third kappa shape index (κ3) is 6.25. The number of nitrogens with zero attached hydrogens (tertiary/aromatic N) is 2. The molecule has 0 radical (unpaired) electrons. The van der Waals surface area contributed by atoms with Crippen LogP contribution in [0.5, 0.6) is 23.0 Å². The number of amides is 1. The molecule has 8 nitrogen and oxygen atoms in total. The minimum atomic E-state index is -0.400. The number of benzene rings is 2. The Morgan fingerprint density at radius 2 is 1.81 bits per heavy atom. The van der Waals surface area contributed by atoms with E-state index in [0.717, 1.165) is 0 Å². The van der Waals surface area contributed by atoms with Gasteiger partial charge in [-0.05, 0) is 48.0 Å². The molecule has 140 valence electrons. The monoisotopic (exact) mass is 369 g/mol. The predicted octanol–water partition coefficient (Wildman–Crippen LogP) is 2.14. The molecule has 1 amide bonds. The smallest absolute Gasteiger partial charge is 0.277 e. The van der Waals surface area contributed by atoms with Crippen molar-refractivity contribution in [3.63, 3.8) is 0 Å². The first kappa shape index (κ1) is 19.6. The van der Waals surface area contributed by atoms with Gasteiger partial charge in [-0.2, -0.15) is 10.4 Å². The summed E-state index contributed by atoms with van der Waals surface area (Å²) in [4.78, 5) is 11.8. The van der Waals surface area contributed by atoms with E-state index in [1.165, 1.54) is 13.3 Å². The van der Waals surface area contributed by atoms with E-state index in [9.17, 15) is 4.79 Å². The Balaban J connectivity index is 1.84. The minimum Gasteiger partial charge on any atom is -0.497 e. The zero-order chi connectivity index (χ0) is 19.5. The van der Waals surface area contributed by atoms with E-state index in [2.05, 4.69) is 10.5 Å². The fraction of sp³-hybridized carbons (Fsp3) is 0.211. The molecule has 2 aromatic carbocycles. The molecule has 1 N–H and O–H groups in total. The van der Waals surface area contributed by atoms with Crippen molar-refractivity contribution in [2.45, 2.75) is 0 Å². The van der Waals surface area contributed by atoms with Gasteiger partial charge in [0.25, 0.3) is 5.91 Å². The van der Waals surface area contributed by atoms with Crippen LogP contribution in [0.1, 0.15) is 5.56 Å². The number of methoxy groups -OCH3 is 2. The summed E-state index contributed by atoms with van der Waals surface area (Å²) in [6.45, 7) is -0.248. The normalized spacial score (nSPS) is 10.1. The van der Waals surface area contributed by atoms with Crippen molar-refractivity contribution in [2.75, 3.05) is 27.4 Å². The Morgan fingerprint density at radius 3 is 2.48 bits per heavy atom. The maximum atomic E-state index is 11.8. The standard InChI is InChI=1S/C19H19N3O5/c1-24-15-4-6-16(7-5-15)27-13-19(23)22-21-12-14-3-8-17(26-10-9-20)18(11-14)25-2/h3-8,11-12H,10,13H2,1-2H3,(H,22,23)/b21-12+. The topological polar surface area (TPSA) is 102 Å². The van der Waals surface area contributed by atoms with E-state index in [4.69, 9.17) is 24.2 Å². The zero-order valence-corrected chi connectivity index (χ0v) is 15.0. The number of carbonyl (C=O) groups excluding carboxylic acids is 1. The summed E-state index contributed by atoms with van der Waals surface area (Å²) in [5.41, 5.74) is 3.06. The highest BCUT2D eigenvalue weighted by atomic mass is 16.5. The van der Waals surface area contributed by atoms with Crippen molar-refractivity contribution < 1.29 is 23.7 Å². The highest BCUT2D eigenvalue weighted by Gasteiger charge is 2.05. The van der Waals surface area contributed by atoms with Crippen LogP contribution in [0.4, 0.5) is 0 Å². The number of nitrogens with one attached hydrogen (secondary N) is 1. The molecular weight excluding hydrogens is 350 g/mol. The maximum Gasteiger partial charge on any atom is 0.277 e. The number of ether oxygens (including phenoxy) is 4. The molecule has 0 heterocycles. The molecule has 0 aliphatic carbocycles. The lowest BCUT2D eigenvalue weighted by atomic mass is 10.2. The summed E-state index contributed by atoms with van der Waals surface area (Å²) in [5.74, 6) is 1.77. The molecule has 0 saturated carbocycles. The van der Waals surface area contributed by atoms with Crippen LogP contribution < -0.4 is 24.4 Å². The maximum absolute atomic E-state index is 11.8. The first-order valence-corrected chi connectivity index (χ1v) is 7.93. The van der Waals surface area contributed by atoms with Gasteiger partial charge in [0.15, 0.2) is 24.7 Å². The average molecular weight is 369 g/mol. The van der Waals surface area contributed by atoms with Crippen LogP contribution in [0.2, 0.25) is 0 Å². The number of hydrogen-bond donors (Lipinski definition) is 1. The van der Waals surface area contributed by atoms with Crippen molar-refractivity contribution in [1.82, 2.24) is 5.43 Å². The average Bonchev–Trinajstić information content (AvgIpc) is 2.71. The number of nitriles is 1. The molecule has 0 aliphatic heterocycles. The highest BCUT2D eigenvalue weighted by Crippen LogP contribution is 2.27. The second-order valence-electron chi connectivity index (χ2n) is 5.11. The fourth-order valence-electron chi connectivity index (χ4n) is 2.03. The van der Waals surface area contributed by atoms with E-state index in [1.54, 1.807) is 49.6 Å². The predicted molar refractivity (Wildman–Crippen MR) is 98.3 cm³/mol. The second-order valence-corrected chi connectivity index (χ2v) is 5.11. The lowest BCUT2D eigenvalue weighted by Crippen LogP contribution is -2.24. The quantitative estimate of drug-likeness (QED) is 0.537. The second kappa shape index (κ2) is 10.3. The highest BCUT2D eigenvalue weighted by molar-refractivity contribution is 5.83. The fourth-order valence-corrected chi connectivity index (χ4v) is 2.03. The molecule has 8 heteroatoms. The van der Waals surface area contributed by atoms with Gasteiger partial charge in [0, 0.05) is 0 Å². The van der Waals surface area contributed by atoms with Crippen LogP contribution in [-0.4, -0.2) is 39.6 Å². The van der Waals surface area contributed by atoms with E-state index < -0.39 is 5.91 Å². The van der Waals surface area contributed by atoms with Crippen LogP contribution in [0.15, 0.2) is 47.6 Å². The van der Waals surface area contributed by atoms with E-state index in [0.29, 0.717) is 28.6 Å². The van der Waals surface area contributed by atoms with Gasteiger partial charge in [0.05, 0.1) is 20.4 Å². The van der Waals surface area contributed by atoms with Crippen molar-refractivity contribution in [1.29, 1.82) is 5.26 Å². The third-order valence-corrected chi connectivity index (χ3v) is 3.31. The Hall–Kier alpha value is -3.73. The largest absolute Gasteiger partial charge is 0.497 e. The summed E-state index contributed by atoms with van der Waals surface area (Å²) < 4.78 is 20.8. The molecule has 0 spiro atoms. The lowest BCUT2D eigenvalue weighted by Gasteiger charge is -2.08. The SMILES string of the molecule is COc1ccc(OCC(=O)N/N=C/c2ccc(OCC#N)c(OC)c2)cc1. The van der Waals surface area contributed by atoms with Crippen molar-refractivity contribution in [3.8, 4) is 29.1 Å². The molecule has 0 unspecified atom stereocenters. The minimum absolute atomic E-state index is 0.0753. The first-order valence-electron chi connectivity index (χ1n) is 7.93. The van der Waals surface area contributed by atoms with Gasteiger partial charge >= 0.3 is 0 Å². The summed E-state index contributed by atoms with van der Waals surface area (Å²) in [7, 11) is 3.07. The van der Waals surface area contributed by atoms with Crippen molar-refractivity contribution >= 4 is 12.1 Å². The molecular formula is C19H19N3O5. The van der Waals surface area contributed by atoms with Gasteiger partial charge in [0.2, 0.25) is 0 Å². The van der Waals surface area contributed by atoms with Crippen LogP contribution in [0, 0.1) is 11.3 Å². The number of hydrogen-bond acceptors (Lipinski definition) is 7. The lowest BCUT2D eigenvalue weighted by molar-refractivity contribution is -0.123. The number of rotatable bonds is 9. The van der Waals surface area contributed by atoms with Crippen LogP contribution in [0.3, 0.4) is 0 Å². The molecule has 0 saturated heterocycles. The number of hydrazone groups is 1. The Labute approximate surface area is 156 Å². The Morgan fingerprint density at radius 1 is 1.07 bits per heavy atom. The van der Waals surface area contributed by atoms with Crippen LogP contribution in [0.25, 0.3) is 0 Å². The Bertz CT molecular complexity index is 828. The molecule has 2 aromatic rings. The molecule has 0 atom stereocenters. The molecule has 0 bridgehead atoms. The summed E-state index contributed by atoms with van der Waals surface area (Å²) in [6, 6.07) is 13.8. The Kier molecular flexibility index (Phi) is 7.48. The third-order valence-electron chi connectivity index (χ3n) is 3.31. The van der Waals surface area contributed by atoms with Gasteiger partial charge in [-0.3, -0.25) is 4.79 Å². The van der Waals surface area contributed by atoms with Gasteiger partial charge < -0.3 is 18.9 Å². The molecule has 0 aromatic heterocycles. The van der Waals surface area contributed by atoms with Gasteiger partial charge in [-0.25, -0.2) is 5.43 Å². The molecule has 27 heavy (non-hydrogen) atoms. The van der Waals surface area contributed by atoms with E-state index in [1.807, 2.05) is 6.07 Å². The van der Waals surface area contributed by atoms with E-state index in [-0.39, 0.29) is 13.2 Å². The van der Waals surface area contributed by atoms with Crippen LogP contribution in [-0.2, 0) is 4.79 Å². The summed E-state index contributed by atoms with van der Waals surface area (Å²) in [6.07, 6.45) is 1.46. The van der Waals surface area contributed by atoms with Gasteiger partial charge in [-0.15, -0.1) is 0 Å². The zero-order valence-electron chi connectivity index (χ0n) is 15.0. The van der Waals surface area contributed by atoms with Gasteiger partial charge in [0.1, 0.15) is 17.6 Å².